The lowest BCUT2D eigenvalue weighted by Crippen LogP contribution is -2.39. The average molecular weight is 349 g/mol. The van der Waals surface area contributed by atoms with E-state index in [0.717, 1.165) is 19.3 Å². The van der Waals surface area contributed by atoms with Gasteiger partial charge in [-0.25, -0.2) is 0 Å². The summed E-state index contributed by atoms with van der Waals surface area (Å²) in [6, 6.07) is 10.5. The molecular formula is C22H36O3. The zero-order chi connectivity index (χ0) is 18.8. The summed E-state index contributed by atoms with van der Waals surface area (Å²) in [5, 5.41) is 0. The van der Waals surface area contributed by atoms with E-state index in [0.29, 0.717) is 18.4 Å². The van der Waals surface area contributed by atoms with Gasteiger partial charge in [0.25, 0.3) is 0 Å². The first-order valence-corrected chi connectivity index (χ1v) is 9.74. The first kappa shape index (κ1) is 21.7. The van der Waals surface area contributed by atoms with E-state index in [2.05, 4.69) is 45.0 Å². The number of benzene rings is 1. The molecule has 3 nitrogen and oxygen atoms in total. The Morgan fingerprint density at radius 3 is 2.16 bits per heavy atom. The van der Waals surface area contributed by atoms with Crippen LogP contribution < -0.4 is 0 Å². The van der Waals surface area contributed by atoms with Crippen molar-refractivity contribution in [3.63, 3.8) is 0 Å². The fourth-order valence-corrected chi connectivity index (χ4v) is 2.90. The Bertz CT molecular complexity index is 483. The summed E-state index contributed by atoms with van der Waals surface area (Å²) in [6.45, 7) is 13.0. The summed E-state index contributed by atoms with van der Waals surface area (Å²) < 4.78 is 12.0. The number of carbonyl (C=O) groups excluding carboxylic acids is 1. The Balaban J connectivity index is 2.85. The quantitative estimate of drug-likeness (QED) is 0.511. The summed E-state index contributed by atoms with van der Waals surface area (Å²) >= 11 is 0. The predicted octanol–water partition coefficient (Wildman–Crippen LogP) is 5.27. The van der Waals surface area contributed by atoms with Crippen molar-refractivity contribution in [2.75, 3.05) is 6.61 Å². The number of carbonyl (C=O) groups is 1. The van der Waals surface area contributed by atoms with E-state index in [1.165, 1.54) is 5.56 Å². The van der Waals surface area contributed by atoms with Gasteiger partial charge in [-0.2, -0.15) is 0 Å². The van der Waals surface area contributed by atoms with E-state index < -0.39 is 0 Å². The molecule has 1 aromatic rings. The second-order valence-electron chi connectivity index (χ2n) is 7.50. The van der Waals surface area contributed by atoms with Gasteiger partial charge in [-0.05, 0) is 37.2 Å². The third-order valence-electron chi connectivity index (χ3n) is 4.73. The molecule has 0 unspecified atom stereocenters. The van der Waals surface area contributed by atoms with E-state index in [-0.39, 0.29) is 24.1 Å². The van der Waals surface area contributed by atoms with Crippen LogP contribution in [0.2, 0.25) is 0 Å². The van der Waals surface area contributed by atoms with Crippen LogP contribution in [0.15, 0.2) is 30.3 Å². The molecule has 3 heteroatoms. The summed E-state index contributed by atoms with van der Waals surface area (Å²) in [7, 11) is 0. The topological polar surface area (TPSA) is 35.5 Å². The SMILES string of the molecule is CC[C@H](Cc1ccccc1)[C@@H](OCC(C)C)[C@H](C)OC(=O)[C@H](C)CC. The van der Waals surface area contributed by atoms with Crippen LogP contribution in [0.1, 0.15) is 59.9 Å². The van der Waals surface area contributed by atoms with Crippen molar-refractivity contribution in [2.45, 2.75) is 73.0 Å². The highest BCUT2D eigenvalue weighted by Gasteiger charge is 2.30. The van der Waals surface area contributed by atoms with Crippen molar-refractivity contribution in [1.82, 2.24) is 0 Å². The van der Waals surface area contributed by atoms with Gasteiger partial charge in [0.2, 0.25) is 0 Å². The number of rotatable bonds is 11. The van der Waals surface area contributed by atoms with E-state index >= 15 is 0 Å². The summed E-state index contributed by atoms with van der Waals surface area (Å²) in [5.41, 5.74) is 1.30. The first-order valence-electron chi connectivity index (χ1n) is 9.74. The second-order valence-corrected chi connectivity index (χ2v) is 7.50. The lowest BCUT2D eigenvalue weighted by atomic mass is 9.89. The largest absolute Gasteiger partial charge is 0.460 e. The van der Waals surface area contributed by atoms with Crippen LogP contribution in [0.5, 0.6) is 0 Å². The van der Waals surface area contributed by atoms with Crippen molar-refractivity contribution < 1.29 is 14.3 Å². The van der Waals surface area contributed by atoms with Crippen LogP contribution in [-0.2, 0) is 20.7 Å². The number of esters is 1. The molecule has 0 amide bonds. The van der Waals surface area contributed by atoms with E-state index in [4.69, 9.17) is 9.47 Å². The molecule has 0 aromatic heterocycles. The Morgan fingerprint density at radius 2 is 1.64 bits per heavy atom. The van der Waals surface area contributed by atoms with Gasteiger partial charge < -0.3 is 9.47 Å². The van der Waals surface area contributed by atoms with Crippen LogP contribution in [-0.4, -0.2) is 24.8 Å². The molecule has 1 aromatic carbocycles. The highest BCUT2D eigenvalue weighted by Crippen LogP contribution is 2.24. The van der Waals surface area contributed by atoms with E-state index in [1.807, 2.05) is 26.8 Å². The molecule has 0 N–H and O–H groups in total. The predicted molar refractivity (Wildman–Crippen MR) is 104 cm³/mol. The number of ether oxygens (including phenoxy) is 2. The van der Waals surface area contributed by atoms with Crippen LogP contribution in [0.3, 0.4) is 0 Å². The lowest BCUT2D eigenvalue weighted by molar-refractivity contribution is -0.164. The number of hydrogen-bond acceptors (Lipinski definition) is 3. The maximum atomic E-state index is 12.2. The molecule has 0 saturated carbocycles. The molecule has 1 rings (SSSR count). The second kappa shape index (κ2) is 11.3. The minimum absolute atomic E-state index is 0.0672. The van der Waals surface area contributed by atoms with Crippen LogP contribution in [0.4, 0.5) is 0 Å². The molecule has 4 atom stereocenters. The first-order chi connectivity index (χ1) is 11.9. The third-order valence-corrected chi connectivity index (χ3v) is 4.73. The Morgan fingerprint density at radius 1 is 1.00 bits per heavy atom. The zero-order valence-electron chi connectivity index (χ0n) is 16.8. The normalized spacial score (nSPS) is 16.3. The molecule has 0 heterocycles. The van der Waals surface area contributed by atoms with Gasteiger partial charge >= 0.3 is 5.97 Å². The highest BCUT2D eigenvalue weighted by molar-refractivity contribution is 5.72. The minimum atomic E-state index is -0.242. The molecule has 25 heavy (non-hydrogen) atoms. The maximum Gasteiger partial charge on any atom is 0.308 e. The molecule has 0 aliphatic carbocycles. The monoisotopic (exact) mass is 348 g/mol. The highest BCUT2D eigenvalue weighted by atomic mass is 16.6. The Labute approximate surface area is 154 Å². The van der Waals surface area contributed by atoms with Crippen molar-refractivity contribution in [1.29, 1.82) is 0 Å². The Hall–Kier alpha value is -1.35. The van der Waals surface area contributed by atoms with Gasteiger partial charge in [-0.15, -0.1) is 0 Å². The molecular weight excluding hydrogens is 312 g/mol. The smallest absolute Gasteiger partial charge is 0.308 e. The standard InChI is InChI=1S/C22H36O3/c1-7-17(5)22(23)25-18(6)21(24-15-16(3)4)20(8-2)14-19-12-10-9-11-13-19/h9-13,16-18,20-21H,7-8,14-15H2,1-6H3/t17-,18+,20-,21+/m1/s1. The molecule has 0 bridgehead atoms. The van der Waals surface area contributed by atoms with Gasteiger partial charge in [0.1, 0.15) is 6.10 Å². The molecule has 0 fully saturated rings. The number of hydrogen-bond donors (Lipinski definition) is 0. The summed E-state index contributed by atoms with van der Waals surface area (Å²) in [5.74, 6) is 0.584. The third kappa shape index (κ3) is 7.60. The zero-order valence-corrected chi connectivity index (χ0v) is 16.8. The maximum absolute atomic E-state index is 12.2. The fraction of sp³-hybridized carbons (Fsp3) is 0.682. The Kier molecular flexibility index (Phi) is 9.81. The lowest BCUT2D eigenvalue weighted by Gasteiger charge is -2.32. The van der Waals surface area contributed by atoms with Gasteiger partial charge in [0.05, 0.1) is 12.0 Å². The minimum Gasteiger partial charge on any atom is -0.460 e. The van der Waals surface area contributed by atoms with Crippen LogP contribution in [0.25, 0.3) is 0 Å². The molecule has 0 spiro atoms. The van der Waals surface area contributed by atoms with Gasteiger partial charge in [-0.1, -0.05) is 71.4 Å². The molecule has 0 saturated heterocycles. The van der Waals surface area contributed by atoms with Crippen molar-refractivity contribution in [2.24, 2.45) is 17.8 Å². The average Bonchev–Trinajstić information content (AvgIpc) is 2.60. The molecule has 0 aliphatic rings. The molecule has 0 aliphatic heterocycles. The van der Waals surface area contributed by atoms with Gasteiger partial charge in [0, 0.05) is 6.61 Å². The van der Waals surface area contributed by atoms with Gasteiger partial charge in [-0.3, -0.25) is 4.79 Å². The van der Waals surface area contributed by atoms with Gasteiger partial charge in [0.15, 0.2) is 0 Å². The molecule has 142 valence electrons. The molecule has 0 radical (unpaired) electrons. The summed E-state index contributed by atoms with van der Waals surface area (Å²) in [4.78, 5) is 12.2. The van der Waals surface area contributed by atoms with Crippen molar-refractivity contribution >= 4 is 5.97 Å². The van der Waals surface area contributed by atoms with Crippen molar-refractivity contribution in [3.8, 4) is 0 Å². The van der Waals surface area contributed by atoms with E-state index in [9.17, 15) is 4.79 Å². The van der Waals surface area contributed by atoms with Crippen molar-refractivity contribution in [3.05, 3.63) is 35.9 Å². The van der Waals surface area contributed by atoms with Crippen LogP contribution in [0, 0.1) is 17.8 Å². The summed E-state index contributed by atoms with van der Waals surface area (Å²) in [6.07, 6.45) is 2.40. The van der Waals surface area contributed by atoms with Crippen LogP contribution >= 0.6 is 0 Å². The van der Waals surface area contributed by atoms with E-state index in [1.54, 1.807) is 0 Å². The fourth-order valence-electron chi connectivity index (χ4n) is 2.90.